The van der Waals surface area contributed by atoms with Crippen LogP contribution < -0.4 is 5.32 Å². The second-order valence-corrected chi connectivity index (χ2v) is 5.77. The standard InChI is InChI=1S/C15H23NO3/c1-9-5-4-6-12(10(9)2)16-11(3)13-7-8-14(19-13)15(17)18/h7-12,16H,4-6H2,1-3H3,(H,17,18). The van der Waals surface area contributed by atoms with E-state index in [2.05, 4.69) is 19.2 Å². The molecule has 0 bridgehead atoms. The van der Waals surface area contributed by atoms with E-state index in [4.69, 9.17) is 9.52 Å². The van der Waals surface area contributed by atoms with Gasteiger partial charge in [-0.1, -0.05) is 26.7 Å². The van der Waals surface area contributed by atoms with Gasteiger partial charge >= 0.3 is 5.97 Å². The molecule has 19 heavy (non-hydrogen) atoms. The first-order valence-corrected chi connectivity index (χ1v) is 7.08. The zero-order chi connectivity index (χ0) is 14.0. The van der Waals surface area contributed by atoms with Crippen LogP contribution >= 0.6 is 0 Å². The second kappa shape index (κ2) is 5.78. The molecule has 4 nitrogen and oxygen atoms in total. The van der Waals surface area contributed by atoms with Crippen LogP contribution in [0.3, 0.4) is 0 Å². The second-order valence-electron chi connectivity index (χ2n) is 5.77. The van der Waals surface area contributed by atoms with E-state index < -0.39 is 5.97 Å². The fraction of sp³-hybridized carbons (Fsp3) is 0.667. The van der Waals surface area contributed by atoms with Gasteiger partial charge < -0.3 is 14.8 Å². The van der Waals surface area contributed by atoms with Crippen LogP contribution in [0.1, 0.15) is 62.4 Å². The number of carboxylic acids is 1. The lowest BCUT2D eigenvalue weighted by Crippen LogP contribution is -2.41. The smallest absolute Gasteiger partial charge is 0.371 e. The Morgan fingerprint density at radius 1 is 1.42 bits per heavy atom. The van der Waals surface area contributed by atoms with Gasteiger partial charge in [0.1, 0.15) is 5.76 Å². The quantitative estimate of drug-likeness (QED) is 0.875. The Morgan fingerprint density at radius 3 is 2.79 bits per heavy atom. The molecule has 1 aromatic heterocycles. The molecule has 0 radical (unpaired) electrons. The van der Waals surface area contributed by atoms with Crippen LogP contribution in [0.5, 0.6) is 0 Å². The normalized spacial score (nSPS) is 29.1. The van der Waals surface area contributed by atoms with Crippen molar-refractivity contribution in [3.63, 3.8) is 0 Å². The largest absolute Gasteiger partial charge is 0.475 e. The van der Waals surface area contributed by atoms with Crippen LogP contribution in [0, 0.1) is 11.8 Å². The molecule has 1 fully saturated rings. The zero-order valence-electron chi connectivity index (χ0n) is 11.8. The molecule has 0 amide bonds. The minimum atomic E-state index is -1.02. The summed E-state index contributed by atoms with van der Waals surface area (Å²) in [7, 11) is 0. The number of hydrogen-bond acceptors (Lipinski definition) is 3. The van der Waals surface area contributed by atoms with Gasteiger partial charge in [0.25, 0.3) is 0 Å². The average molecular weight is 265 g/mol. The van der Waals surface area contributed by atoms with Crippen LogP contribution in [0.15, 0.2) is 16.5 Å². The summed E-state index contributed by atoms with van der Waals surface area (Å²) in [6.45, 7) is 6.62. The molecule has 0 aromatic carbocycles. The van der Waals surface area contributed by atoms with E-state index in [9.17, 15) is 4.79 Å². The van der Waals surface area contributed by atoms with Crippen molar-refractivity contribution in [1.29, 1.82) is 0 Å². The van der Waals surface area contributed by atoms with Crippen LogP contribution in [0.4, 0.5) is 0 Å². The predicted molar refractivity (Wildman–Crippen MR) is 73.2 cm³/mol. The van der Waals surface area contributed by atoms with Crippen LogP contribution in [0.25, 0.3) is 0 Å². The van der Waals surface area contributed by atoms with E-state index in [1.165, 1.54) is 25.3 Å². The van der Waals surface area contributed by atoms with Gasteiger partial charge in [-0.2, -0.15) is 0 Å². The Labute approximate surface area is 114 Å². The maximum atomic E-state index is 10.8. The molecule has 2 rings (SSSR count). The molecule has 106 valence electrons. The number of aromatic carboxylic acids is 1. The van der Waals surface area contributed by atoms with Crippen molar-refractivity contribution in [2.75, 3.05) is 0 Å². The van der Waals surface area contributed by atoms with E-state index >= 15 is 0 Å². The molecule has 1 aliphatic rings. The van der Waals surface area contributed by atoms with Crippen molar-refractivity contribution in [3.8, 4) is 0 Å². The molecular weight excluding hydrogens is 242 g/mol. The van der Waals surface area contributed by atoms with Gasteiger partial charge in [-0.05, 0) is 37.3 Å². The Kier molecular flexibility index (Phi) is 4.30. The molecule has 2 N–H and O–H groups in total. The molecule has 0 saturated heterocycles. The molecule has 4 unspecified atom stereocenters. The highest BCUT2D eigenvalue weighted by atomic mass is 16.4. The first-order valence-electron chi connectivity index (χ1n) is 7.08. The van der Waals surface area contributed by atoms with Gasteiger partial charge in [0.05, 0.1) is 6.04 Å². The molecule has 4 atom stereocenters. The van der Waals surface area contributed by atoms with E-state index in [1.807, 2.05) is 6.92 Å². The van der Waals surface area contributed by atoms with Crippen LogP contribution in [0.2, 0.25) is 0 Å². The van der Waals surface area contributed by atoms with Crippen LogP contribution in [-0.2, 0) is 0 Å². The molecular formula is C15H23NO3. The minimum absolute atomic E-state index is 0.00807. The fourth-order valence-electron chi connectivity index (χ4n) is 2.92. The third-order valence-electron chi connectivity index (χ3n) is 4.44. The topological polar surface area (TPSA) is 62.5 Å². The Hall–Kier alpha value is -1.29. The van der Waals surface area contributed by atoms with E-state index in [-0.39, 0.29) is 11.8 Å². The lowest BCUT2D eigenvalue weighted by molar-refractivity contribution is 0.0659. The van der Waals surface area contributed by atoms with E-state index in [0.717, 1.165) is 5.92 Å². The van der Waals surface area contributed by atoms with E-state index in [1.54, 1.807) is 6.07 Å². The van der Waals surface area contributed by atoms with Crippen molar-refractivity contribution < 1.29 is 14.3 Å². The SMILES string of the molecule is CC(NC1CCCC(C)C1C)c1ccc(C(=O)O)o1. The number of furan rings is 1. The van der Waals surface area contributed by atoms with Gasteiger partial charge in [-0.3, -0.25) is 0 Å². The zero-order valence-corrected chi connectivity index (χ0v) is 11.8. The molecule has 1 aliphatic carbocycles. The van der Waals surface area contributed by atoms with Crippen molar-refractivity contribution >= 4 is 5.97 Å². The highest BCUT2D eigenvalue weighted by Gasteiger charge is 2.28. The highest BCUT2D eigenvalue weighted by Crippen LogP contribution is 2.31. The summed E-state index contributed by atoms with van der Waals surface area (Å²) in [5.74, 6) is 1.07. The summed E-state index contributed by atoms with van der Waals surface area (Å²) in [4.78, 5) is 10.8. The minimum Gasteiger partial charge on any atom is -0.475 e. The monoisotopic (exact) mass is 265 g/mol. The third-order valence-corrected chi connectivity index (χ3v) is 4.44. The lowest BCUT2D eigenvalue weighted by atomic mass is 9.78. The third kappa shape index (κ3) is 3.18. The molecule has 0 aliphatic heterocycles. The number of hydrogen-bond donors (Lipinski definition) is 2. The van der Waals surface area contributed by atoms with Gasteiger partial charge in [0.15, 0.2) is 0 Å². The van der Waals surface area contributed by atoms with Crippen molar-refractivity contribution in [2.24, 2.45) is 11.8 Å². The molecule has 0 spiro atoms. The Balaban J connectivity index is 1.99. The Morgan fingerprint density at radius 2 is 2.16 bits per heavy atom. The van der Waals surface area contributed by atoms with Gasteiger partial charge in [0, 0.05) is 6.04 Å². The van der Waals surface area contributed by atoms with Gasteiger partial charge in [-0.25, -0.2) is 4.79 Å². The van der Waals surface area contributed by atoms with E-state index in [0.29, 0.717) is 17.7 Å². The average Bonchev–Trinajstić information content (AvgIpc) is 2.84. The Bertz CT molecular complexity index is 440. The first-order chi connectivity index (χ1) is 8.99. The summed E-state index contributed by atoms with van der Waals surface area (Å²) in [5.41, 5.74) is 0. The summed E-state index contributed by atoms with van der Waals surface area (Å²) < 4.78 is 5.35. The summed E-state index contributed by atoms with van der Waals surface area (Å²) >= 11 is 0. The summed E-state index contributed by atoms with van der Waals surface area (Å²) in [6.07, 6.45) is 3.74. The van der Waals surface area contributed by atoms with Gasteiger partial charge in [-0.15, -0.1) is 0 Å². The lowest BCUT2D eigenvalue weighted by Gasteiger charge is -2.36. The summed E-state index contributed by atoms with van der Waals surface area (Å²) in [6, 6.07) is 3.80. The van der Waals surface area contributed by atoms with Crippen molar-refractivity contribution in [3.05, 3.63) is 23.7 Å². The molecule has 1 saturated carbocycles. The molecule has 4 heteroatoms. The van der Waals surface area contributed by atoms with Crippen molar-refractivity contribution in [2.45, 2.75) is 52.1 Å². The summed E-state index contributed by atoms with van der Waals surface area (Å²) in [5, 5.41) is 12.4. The maximum Gasteiger partial charge on any atom is 0.371 e. The van der Waals surface area contributed by atoms with Crippen LogP contribution in [-0.4, -0.2) is 17.1 Å². The molecule has 1 aromatic rings. The maximum absolute atomic E-state index is 10.8. The van der Waals surface area contributed by atoms with Crippen molar-refractivity contribution in [1.82, 2.24) is 5.32 Å². The number of carbonyl (C=O) groups is 1. The highest BCUT2D eigenvalue weighted by molar-refractivity contribution is 5.84. The number of nitrogens with one attached hydrogen (secondary N) is 1. The van der Waals surface area contributed by atoms with Gasteiger partial charge in [0.2, 0.25) is 5.76 Å². The fourth-order valence-corrected chi connectivity index (χ4v) is 2.92. The number of carboxylic acid groups (broad SMARTS) is 1. The predicted octanol–water partition coefficient (Wildman–Crippen LogP) is 3.45. The number of rotatable bonds is 4. The molecule has 1 heterocycles. The first kappa shape index (κ1) is 14.1.